The van der Waals surface area contributed by atoms with Crippen LogP contribution in [0.25, 0.3) is 0 Å². The van der Waals surface area contributed by atoms with E-state index in [4.69, 9.17) is 4.74 Å². The molecule has 1 rings (SSSR count). The van der Waals surface area contributed by atoms with E-state index in [0.717, 1.165) is 19.1 Å². The van der Waals surface area contributed by atoms with Gasteiger partial charge in [-0.15, -0.1) is 0 Å². The first-order chi connectivity index (χ1) is 4.75. The molecule has 0 aromatic heterocycles. The average Bonchev–Trinajstić information content (AvgIpc) is 2.68. The van der Waals surface area contributed by atoms with Crippen LogP contribution >= 0.6 is 0 Å². The van der Waals surface area contributed by atoms with Crippen LogP contribution in [-0.4, -0.2) is 19.0 Å². The highest BCUT2D eigenvalue weighted by Crippen LogP contribution is 2.47. The summed E-state index contributed by atoms with van der Waals surface area (Å²) in [6.45, 7) is 4.64. The molecule has 58 valence electrons. The molecule has 1 fully saturated rings. The van der Waals surface area contributed by atoms with Crippen molar-refractivity contribution < 1.29 is 9.53 Å². The second kappa shape index (κ2) is 2.70. The van der Waals surface area contributed by atoms with Crippen molar-refractivity contribution in [2.75, 3.05) is 6.61 Å². The number of carbonyl (C=O) groups excluding carboxylic acids is 1. The standard InChI is InChI=1S/C8H14O2/c1-3-10-7(2)8(6-9)4-5-8/h6-7H,3-5H2,1-2H3. The summed E-state index contributed by atoms with van der Waals surface area (Å²) in [7, 11) is 0. The molecule has 1 atom stereocenters. The summed E-state index contributed by atoms with van der Waals surface area (Å²) in [5, 5.41) is 0. The predicted octanol–water partition coefficient (Wildman–Crippen LogP) is 1.39. The Bertz CT molecular complexity index is 127. The van der Waals surface area contributed by atoms with Gasteiger partial charge in [-0.25, -0.2) is 0 Å². The number of aldehydes is 1. The van der Waals surface area contributed by atoms with Crippen molar-refractivity contribution in [2.24, 2.45) is 5.41 Å². The summed E-state index contributed by atoms with van der Waals surface area (Å²) in [6, 6.07) is 0. The van der Waals surface area contributed by atoms with E-state index < -0.39 is 0 Å². The molecule has 1 unspecified atom stereocenters. The SMILES string of the molecule is CCOC(C)C1(C=O)CC1. The molecule has 0 N–H and O–H groups in total. The van der Waals surface area contributed by atoms with Crippen molar-refractivity contribution >= 4 is 6.29 Å². The van der Waals surface area contributed by atoms with Crippen LogP contribution in [0.3, 0.4) is 0 Å². The number of hydrogen-bond acceptors (Lipinski definition) is 2. The molecule has 10 heavy (non-hydrogen) atoms. The molecule has 0 spiro atoms. The van der Waals surface area contributed by atoms with Gasteiger partial charge in [0.2, 0.25) is 0 Å². The number of ether oxygens (including phenoxy) is 1. The Labute approximate surface area is 61.6 Å². The minimum absolute atomic E-state index is 0.101. The van der Waals surface area contributed by atoms with Gasteiger partial charge in [0.05, 0.1) is 11.5 Å². The number of carbonyl (C=O) groups is 1. The van der Waals surface area contributed by atoms with E-state index in [-0.39, 0.29) is 11.5 Å². The van der Waals surface area contributed by atoms with Gasteiger partial charge in [-0.2, -0.15) is 0 Å². The minimum Gasteiger partial charge on any atom is -0.378 e. The molecule has 2 heteroatoms. The molecule has 0 radical (unpaired) electrons. The Kier molecular flexibility index (Phi) is 2.09. The van der Waals surface area contributed by atoms with Gasteiger partial charge in [-0.1, -0.05) is 0 Å². The summed E-state index contributed by atoms with van der Waals surface area (Å²) in [5.74, 6) is 0. The smallest absolute Gasteiger partial charge is 0.128 e. The Morgan fingerprint density at radius 2 is 2.30 bits per heavy atom. The highest BCUT2D eigenvalue weighted by molar-refractivity contribution is 5.64. The van der Waals surface area contributed by atoms with Crippen LogP contribution in [0.2, 0.25) is 0 Å². The van der Waals surface area contributed by atoms with Gasteiger partial charge in [0, 0.05) is 6.61 Å². The molecule has 0 aromatic carbocycles. The number of hydrogen-bond donors (Lipinski definition) is 0. The summed E-state index contributed by atoms with van der Waals surface area (Å²) >= 11 is 0. The molecule has 1 aliphatic rings. The molecule has 0 aromatic rings. The van der Waals surface area contributed by atoms with E-state index in [9.17, 15) is 4.79 Å². The molecule has 0 aliphatic heterocycles. The zero-order valence-corrected chi connectivity index (χ0v) is 6.59. The van der Waals surface area contributed by atoms with Crippen molar-refractivity contribution in [2.45, 2.75) is 32.8 Å². The van der Waals surface area contributed by atoms with Crippen LogP contribution in [0.1, 0.15) is 26.7 Å². The van der Waals surface area contributed by atoms with E-state index in [1.165, 1.54) is 0 Å². The minimum atomic E-state index is -0.101. The Hall–Kier alpha value is -0.370. The third kappa shape index (κ3) is 1.21. The summed E-state index contributed by atoms with van der Waals surface area (Å²) in [6.07, 6.45) is 3.19. The van der Waals surface area contributed by atoms with E-state index in [1.54, 1.807) is 0 Å². The fourth-order valence-electron chi connectivity index (χ4n) is 1.18. The zero-order chi connectivity index (χ0) is 7.61. The maximum Gasteiger partial charge on any atom is 0.128 e. The Balaban J connectivity index is 2.39. The van der Waals surface area contributed by atoms with Gasteiger partial charge in [-0.3, -0.25) is 0 Å². The van der Waals surface area contributed by atoms with Crippen LogP contribution in [0.15, 0.2) is 0 Å². The molecule has 0 amide bonds. The molecule has 0 saturated heterocycles. The van der Waals surface area contributed by atoms with Crippen LogP contribution < -0.4 is 0 Å². The van der Waals surface area contributed by atoms with Crippen molar-refractivity contribution in [3.63, 3.8) is 0 Å². The molecule has 0 heterocycles. The van der Waals surface area contributed by atoms with E-state index in [1.807, 2.05) is 13.8 Å². The zero-order valence-electron chi connectivity index (χ0n) is 6.59. The van der Waals surface area contributed by atoms with Gasteiger partial charge in [-0.05, 0) is 26.7 Å². The Morgan fingerprint density at radius 3 is 2.60 bits per heavy atom. The second-order valence-corrected chi connectivity index (χ2v) is 2.95. The molecular formula is C8H14O2. The average molecular weight is 142 g/mol. The van der Waals surface area contributed by atoms with Gasteiger partial charge in [0.15, 0.2) is 0 Å². The lowest BCUT2D eigenvalue weighted by Gasteiger charge is -2.16. The van der Waals surface area contributed by atoms with Gasteiger partial charge >= 0.3 is 0 Å². The summed E-state index contributed by atoms with van der Waals surface area (Å²) < 4.78 is 5.33. The third-order valence-electron chi connectivity index (χ3n) is 2.29. The lowest BCUT2D eigenvalue weighted by molar-refractivity contribution is -0.117. The highest BCUT2D eigenvalue weighted by Gasteiger charge is 2.47. The van der Waals surface area contributed by atoms with Gasteiger partial charge in [0.1, 0.15) is 6.29 Å². The van der Waals surface area contributed by atoms with Crippen LogP contribution in [-0.2, 0) is 9.53 Å². The van der Waals surface area contributed by atoms with Crippen molar-refractivity contribution in [1.82, 2.24) is 0 Å². The normalized spacial score (nSPS) is 23.8. The van der Waals surface area contributed by atoms with Gasteiger partial charge < -0.3 is 9.53 Å². The second-order valence-electron chi connectivity index (χ2n) is 2.95. The molecule has 1 aliphatic carbocycles. The maximum absolute atomic E-state index is 10.5. The monoisotopic (exact) mass is 142 g/mol. The molecule has 1 saturated carbocycles. The third-order valence-corrected chi connectivity index (χ3v) is 2.29. The fourth-order valence-corrected chi connectivity index (χ4v) is 1.18. The first kappa shape index (κ1) is 7.73. The van der Waals surface area contributed by atoms with E-state index in [2.05, 4.69) is 0 Å². The van der Waals surface area contributed by atoms with Crippen LogP contribution in [0.5, 0.6) is 0 Å². The molecule has 0 bridgehead atoms. The largest absolute Gasteiger partial charge is 0.378 e. The lowest BCUT2D eigenvalue weighted by Crippen LogP contribution is -2.23. The van der Waals surface area contributed by atoms with Crippen LogP contribution in [0.4, 0.5) is 0 Å². The first-order valence-corrected chi connectivity index (χ1v) is 3.83. The topological polar surface area (TPSA) is 26.3 Å². The predicted molar refractivity (Wildman–Crippen MR) is 38.8 cm³/mol. The van der Waals surface area contributed by atoms with Crippen molar-refractivity contribution in [3.8, 4) is 0 Å². The van der Waals surface area contributed by atoms with Crippen molar-refractivity contribution in [3.05, 3.63) is 0 Å². The summed E-state index contributed by atoms with van der Waals surface area (Å²) in [4.78, 5) is 10.5. The maximum atomic E-state index is 10.5. The highest BCUT2D eigenvalue weighted by atomic mass is 16.5. The molecule has 2 nitrogen and oxygen atoms in total. The van der Waals surface area contributed by atoms with E-state index >= 15 is 0 Å². The quantitative estimate of drug-likeness (QED) is 0.554. The van der Waals surface area contributed by atoms with Crippen molar-refractivity contribution in [1.29, 1.82) is 0 Å². The molecular weight excluding hydrogens is 128 g/mol. The van der Waals surface area contributed by atoms with E-state index in [0.29, 0.717) is 6.61 Å². The van der Waals surface area contributed by atoms with Crippen LogP contribution in [0, 0.1) is 5.41 Å². The van der Waals surface area contributed by atoms with Gasteiger partial charge in [0.25, 0.3) is 0 Å². The number of rotatable bonds is 4. The fraction of sp³-hybridized carbons (Fsp3) is 0.875. The lowest BCUT2D eigenvalue weighted by atomic mass is 10.0. The summed E-state index contributed by atoms with van der Waals surface area (Å²) in [5.41, 5.74) is -0.101. The first-order valence-electron chi connectivity index (χ1n) is 3.83. The Morgan fingerprint density at radius 1 is 1.70 bits per heavy atom.